The summed E-state index contributed by atoms with van der Waals surface area (Å²) >= 11 is 0. The van der Waals surface area contributed by atoms with Crippen LogP contribution in [0, 0.1) is 12.8 Å². The molecule has 1 aliphatic carbocycles. The van der Waals surface area contributed by atoms with E-state index in [-0.39, 0.29) is 23.6 Å². The number of carbonyl (C=O) groups is 1. The van der Waals surface area contributed by atoms with Gasteiger partial charge in [0.1, 0.15) is 5.82 Å². The molecule has 134 valence electrons. The van der Waals surface area contributed by atoms with Gasteiger partial charge < -0.3 is 19.2 Å². The summed E-state index contributed by atoms with van der Waals surface area (Å²) in [6, 6.07) is 3.39. The van der Waals surface area contributed by atoms with E-state index in [0.717, 1.165) is 25.7 Å². The second-order valence-corrected chi connectivity index (χ2v) is 6.29. The van der Waals surface area contributed by atoms with Gasteiger partial charge in [0.25, 0.3) is 5.56 Å². The third kappa shape index (κ3) is 3.60. The van der Waals surface area contributed by atoms with E-state index in [1.807, 2.05) is 0 Å². The minimum atomic E-state index is -0.204. The molecule has 1 heterocycles. The van der Waals surface area contributed by atoms with E-state index in [0.29, 0.717) is 28.2 Å². The number of carbonyl (C=O) groups excluding carboxylic acids is 1. The number of methoxy groups -OCH3 is 2. The zero-order valence-corrected chi connectivity index (χ0v) is 14.6. The maximum absolute atomic E-state index is 12.2. The average Bonchev–Trinajstić information content (AvgIpc) is 2.61. The maximum Gasteiger partial charge on any atom is 0.308 e. The molecule has 0 spiro atoms. The van der Waals surface area contributed by atoms with Crippen LogP contribution in [-0.2, 0) is 9.53 Å². The molecule has 1 aliphatic rings. The number of nitrogens with one attached hydrogen (secondary N) is 1. The summed E-state index contributed by atoms with van der Waals surface area (Å²) in [6.07, 6.45) is 2.94. The lowest BCUT2D eigenvalue weighted by Crippen LogP contribution is -2.28. The molecular formula is C18H22N2O5. The van der Waals surface area contributed by atoms with Crippen molar-refractivity contribution in [3.05, 3.63) is 28.3 Å². The molecule has 0 unspecified atom stereocenters. The molecule has 1 fully saturated rings. The van der Waals surface area contributed by atoms with Crippen molar-refractivity contribution in [3.63, 3.8) is 0 Å². The van der Waals surface area contributed by atoms with Crippen molar-refractivity contribution in [1.82, 2.24) is 9.97 Å². The lowest BCUT2D eigenvalue weighted by atomic mass is 9.87. The monoisotopic (exact) mass is 346 g/mol. The summed E-state index contributed by atoms with van der Waals surface area (Å²) in [7, 11) is 2.97. The zero-order valence-electron chi connectivity index (χ0n) is 14.6. The zero-order chi connectivity index (χ0) is 18.0. The second-order valence-electron chi connectivity index (χ2n) is 6.29. The maximum atomic E-state index is 12.2. The first-order valence-electron chi connectivity index (χ1n) is 8.35. The smallest absolute Gasteiger partial charge is 0.308 e. The van der Waals surface area contributed by atoms with E-state index >= 15 is 0 Å². The molecule has 0 radical (unpaired) electrons. The number of ether oxygens (including phenoxy) is 3. The van der Waals surface area contributed by atoms with Gasteiger partial charge >= 0.3 is 5.97 Å². The van der Waals surface area contributed by atoms with Crippen LogP contribution in [0.25, 0.3) is 10.9 Å². The Morgan fingerprint density at radius 3 is 2.52 bits per heavy atom. The summed E-state index contributed by atoms with van der Waals surface area (Å²) in [5.74, 6) is 1.40. The number of nitrogens with zero attached hydrogens (tertiary/aromatic N) is 1. The van der Waals surface area contributed by atoms with Crippen molar-refractivity contribution in [3.8, 4) is 11.5 Å². The highest BCUT2D eigenvalue weighted by atomic mass is 16.5. The van der Waals surface area contributed by atoms with Gasteiger partial charge in [0.15, 0.2) is 11.5 Å². The summed E-state index contributed by atoms with van der Waals surface area (Å²) < 4.78 is 16.3. The standard InChI is InChI=1S/C18H22N2O5/c1-10-19-14-9-15(23-2)16(8-13(14)17(21)20-10)25-12-6-4-11(5-7-12)18(22)24-3/h8-9,11-12H,4-7H2,1-3H3,(H,19,20,21). The summed E-state index contributed by atoms with van der Waals surface area (Å²) in [6.45, 7) is 1.73. The number of esters is 1. The number of H-pyrrole nitrogens is 1. The molecule has 3 rings (SSSR count). The molecule has 1 saturated carbocycles. The SMILES string of the molecule is COC(=O)C1CCC(Oc2cc3c(=O)[nH]c(C)nc3cc2OC)CC1. The predicted octanol–water partition coefficient (Wildman–Crippen LogP) is 2.35. The summed E-state index contributed by atoms with van der Waals surface area (Å²) in [4.78, 5) is 30.8. The number of aromatic amines is 1. The molecule has 7 heteroatoms. The second kappa shape index (κ2) is 7.13. The van der Waals surface area contributed by atoms with Gasteiger partial charge in [-0.05, 0) is 38.7 Å². The first-order chi connectivity index (χ1) is 12.0. The van der Waals surface area contributed by atoms with E-state index in [9.17, 15) is 9.59 Å². The summed E-state index contributed by atoms with van der Waals surface area (Å²) in [5, 5.41) is 0.463. The van der Waals surface area contributed by atoms with Gasteiger partial charge in [-0.1, -0.05) is 0 Å². The van der Waals surface area contributed by atoms with E-state index in [1.54, 1.807) is 26.2 Å². The van der Waals surface area contributed by atoms with Crippen molar-refractivity contribution in [1.29, 1.82) is 0 Å². The van der Waals surface area contributed by atoms with Crippen molar-refractivity contribution < 1.29 is 19.0 Å². The molecule has 7 nitrogen and oxygen atoms in total. The average molecular weight is 346 g/mol. The van der Waals surface area contributed by atoms with Crippen molar-refractivity contribution in [2.24, 2.45) is 5.92 Å². The molecule has 0 atom stereocenters. The first-order valence-corrected chi connectivity index (χ1v) is 8.35. The van der Waals surface area contributed by atoms with Gasteiger partial charge in [0, 0.05) is 6.07 Å². The molecule has 1 aromatic heterocycles. The quantitative estimate of drug-likeness (QED) is 0.855. The predicted molar refractivity (Wildman–Crippen MR) is 92.0 cm³/mol. The van der Waals surface area contributed by atoms with Crippen LogP contribution in [-0.4, -0.2) is 36.3 Å². The third-order valence-corrected chi connectivity index (χ3v) is 4.61. The minimum Gasteiger partial charge on any atom is -0.493 e. The number of hydrogen-bond donors (Lipinski definition) is 1. The highest BCUT2D eigenvalue weighted by Crippen LogP contribution is 2.34. The fourth-order valence-electron chi connectivity index (χ4n) is 3.28. The van der Waals surface area contributed by atoms with E-state index < -0.39 is 0 Å². The van der Waals surface area contributed by atoms with Gasteiger partial charge in [-0.3, -0.25) is 9.59 Å². The van der Waals surface area contributed by atoms with Gasteiger partial charge in [0.05, 0.1) is 37.1 Å². The van der Waals surface area contributed by atoms with Crippen LogP contribution in [0.2, 0.25) is 0 Å². The molecular weight excluding hydrogens is 324 g/mol. The van der Waals surface area contributed by atoms with E-state index in [2.05, 4.69) is 9.97 Å². The minimum absolute atomic E-state index is 0.0234. The fraction of sp³-hybridized carbons (Fsp3) is 0.500. The molecule has 0 saturated heterocycles. The lowest BCUT2D eigenvalue weighted by molar-refractivity contribution is -0.147. The van der Waals surface area contributed by atoms with Crippen LogP contribution in [0.1, 0.15) is 31.5 Å². The Hall–Kier alpha value is -2.57. The van der Waals surface area contributed by atoms with Crippen molar-refractivity contribution in [2.45, 2.75) is 38.7 Å². The molecule has 0 aliphatic heterocycles. The van der Waals surface area contributed by atoms with Crippen molar-refractivity contribution in [2.75, 3.05) is 14.2 Å². The topological polar surface area (TPSA) is 90.5 Å². The largest absolute Gasteiger partial charge is 0.493 e. The Morgan fingerprint density at radius 2 is 1.88 bits per heavy atom. The number of fused-ring (bicyclic) bond motifs is 1. The molecule has 1 aromatic carbocycles. The normalized spacial score (nSPS) is 20.3. The Labute approximate surface area is 145 Å². The van der Waals surface area contributed by atoms with E-state index in [4.69, 9.17) is 14.2 Å². The van der Waals surface area contributed by atoms with Gasteiger partial charge in [-0.25, -0.2) is 4.98 Å². The Kier molecular flexibility index (Phi) is 4.92. The number of hydrogen-bond acceptors (Lipinski definition) is 6. The van der Waals surface area contributed by atoms with Crippen LogP contribution >= 0.6 is 0 Å². The Balaban J connectivity index is 1.82. The fourth-order valence-corrected chi connectivity index (χ4v) is 3.28. The number of rotatable bonds is 4. The molecule has 0 amide bonds. The van der Waals surface area contributed by atoms with Gasteiger partial charge in [-0.15, -0.1) is 0 Å². The van der Waals surface area contributed by atoms with Crippen LogP contribution in [0.5, 0.6) is 11.5 Å². The van der Waals surface area contributed by atoms with Gasteiger partial charge in [0.2, 0.25) is 0 Å². The number of aromatic nitrogens is 2. The molecule has 1 N–H and O–H groups in total. The first kappa shape index (κ1) is 17.3. The van der Waals surface area contributed by atoms with Crippen LogP contribution in [0.4, 0.5) is 0 Å². The Bertz CT molecular complexity index is 837. The van der Waals surface area contributed by atoms with Crippen LogP contribution in [0.3, 0.4) is 0 Å². The number of aryl methyl sites for hydroxylation is 1. The van der Waals surface area contributed by atoms with E-state index in [1.165, 1.54) is 7.11 Å². The number of benzene rings is 1. The van der Waals surface area contributed by atoms with Crippen molar-refractivity contribution >= 4 is 16.9 Å². The lowest BCUT2D eigenvalue weighted by Gasteiger charge is -2.28. The third-order valence-electron chi connectivity index (χ3n) is 4.61. The van der Waals surface area contributed by atoms with Crippen LogP contribution < -0.4 is 15.0 Å². The molecule has 0 bridgehead atoms. The summed E-state index contributed by atoms with van der Waals surface area (Å²) in [5.41, 5.74) is 0.365. The highest BCUT2D eigenvalue weighted by molar-refractivity contribution is 5.81. The molecule has 25 heavy (non-hydrogen) atoms. The molecule has 2 aromatic rings. The van der Waals surface area contributed by atoms with Gasteiger partial charge in [-0.2, -0.15) is 0 Å². The Morgan fingerprint density at radius 1 is 1.16 bits per heavy atom. The highest BCUT2D eigenvalue weighted by Gasteiger charge is 2.28. The van der Waals surface area contributed by atoms with Crippen LogP contribution in [0.15, 0.2) is 16.9 Å².